The van der Waals surface area contributed by atoms with Crippen LogP contribution in [0.3, 0.4) is 0 Å². The van der Waals surface area contributed by atoms with Gasteiger partial charge in [0, 0.05) is 19.7 Å². The van der Waals surface area contributed by atoms with Gasteiger partial charge in [-0.1, -0.05) is 20.8 Å². The second-order valence-corrected chi connectivity index (χ2v) is 10.9. The predicted octanol–water partition coefficient (Wildman–Crippen LogP) is 2.39. The van der Waals surface area contributed by atoms with Gasteiger partial charge in [-0.2, -0.15) is 0 Å². The number of hydrogen-bond donors (Lipinski definition) is 1. The second kappa shape index (κ2) is 5.62. The molecule has 1 saturated heterocycles. The van der Waals surface area contributed by atoms with E-state index in [-0.39, 0.29) is 0 Å². The van der Waals surface area contributed by atoms with E-state index >= 15 is 0 Å². The Balaban J connectivity index is 2.23. The van der Waals surface area contributed by atoms with Gasteiger partial charge in [-0.05, 0) is 24.6 Å². The van der Waals surface area contributed by atoms with Crippen LogP contribution in [-0.4, -0.2) is 40.7 Å². The minimum absolute atomic E-state index is 0.304. The summed E-state index contributed by atoms with van der Waals surface area (Å²) in [6.45, 7) is 15.1. The maximum absolute atomic E-state index is 6.13. The lowest BCUT2D eigenvalue weighted by atomic mass is 10.2. The van der Waals surface area contributed by atoms with E-state index in [4.69, 9.17) is 9.16 Å². The molecule has 0 aromatic heterocycles. The third kappa shape index (κ3) is 4.16. The quantitative estimate of drug-likeness (QED) is 0.772. The highest BCUT2D eigenvalue weighted by molar-refractivity contribution is 6.74. The summed E-state index contributed by atoms with van der Waals surface area (Å²) in [5.41, 5.74) is 0. The second-order valence-electron chi connectivity index (χ2n) is 6.09. The fraction of sp³-hybridized carbons (Fsp3) is 1.00. The summed E-state index contributed by atoms with van der Waals surface area (Å²) in [6, 6.07) is 0. The van der Waals surface area contributed by atoms with Gasteiger partial charge in [0.2, 0.25) is 0 Å². The lowest BCUT2D eigenvalue weighted by Crippen LogP contribution is -2.43. The lowest BCUT2D eigenvalue weighted by molar-refractivity contribution is 0.0149. The third-order valence-electron chi connectivity index (χ3n) is 3.71. The van der Waals surface area contributed by atoms with Crippen molar-refractivity contribution < 1.29 is 9.16 Å². The van der Waals surface area contributed by atoms with Crippen molar-refractivity contribution in [2.75, 3.05) is 26.3 Å². The molecule has 3 nitrogen and oxygen atoms in total. The molecule has 0 bridgehead atoms. The molecule has 1 heterocycles. The number of ether oxygens (including phenoxy) is 1. The summed E-state index contributed by atoms with van der Waals surface area (Å²) < 4.78 is 11.8. The molecule has 96 valence electrons. The Morgan fingerprint density at radius 3 is 2.56 bits per heavy atom. The first-order valence-electron chi connectivity index (χ1n) is 6.29. The summed E-state index contributed by atoms with van der Waals surface area (Å²) in [4.78, 5) is 0. The van der Waals surface area contributed by atoms with Crippen LogP contribution in [-0.2, 0) is 9.16 Å². The zero-order valence-electron chi connectivity index (χ0n) is 11.4. The Kier molecular flexibility index (Phi) is 4.98. The van der Waals surface area contributed by atoms with Crippen LogP contribution >= 0.6 is 0 Å². The Bertz CT molecular complexity index is 208. The van der Waals surface area contributed by atoms with Crippen LogP contribution in [0.2, 0.25) is 18.1 Å². The molecule has 0 aromatic rings. The highest BCUT2D eigenvalue weighted by Crippen LogP contribution is 2.36. The summed E-state index contributed by atoms with van der Waals surface area (Å²) in [5.74, 6) is 0. The van der Waals surface area contributed by atoms with E-state index in [1.54, 1.807) is 0 Å². The third-order valence-corrected chi connectivity index (χ3v) is 8.25. The highest BCUT2D eigenvalue weighted by Gasteiger charge is 2.37. The highest BCUT2D eigenvalue weighted by atomic mass is 28.4. The van der Waals surface area contributed by atoms with Gasteiger partial charge in [0.25, 0.3) is 0 Å². The standard InChI is InChI=1S/C12H27NO2Si/c1-12(2,3)16(4,5)15-8-6-11-10-13-7-9-14-11/h11,13H,6-10H2,1-5H3. The first kappa shape index (κ1) is 14.2. The van der Waals surface area contributed by atoms with Crippen molar-refractivity contribution >= 4 is 8.32 Å². The van der Waals surface area contributed by atoms with Crippen LogP contribution in [0.25, 0.3) is 0 Å². The van der Waals surface area contributed by atoms with Gasteiger partial charge in [-0.15, -0.1) is 0 Å². The fourth-order valence-corrected chi connectivity index (χ4v) is 2.53. The minimum atomic E-state index is -1.57. The lowest BCUT2D eigenvalue weighted by Gasteiger charge is -2.36. The summed E-state index contributed by atoms with van der Waals surface area (Å²) in [5, 5.41) is 3.65. The van der Waals surface area contributed by atoms with E-state index in [1.165, 1.54) is 0 Å². The zero-order valence-corrected chi connectivity index (χ0v) is 12.4. The Morgan fingerprint density at radius 2 is 2.06 bits per heavy atom. The average Bonchev–Trinajstić information content (AvgIpc) is 2.17. The maximum Gasteiger partial charge on any atom is 0.191 e. The van der Waals surface area contributed by atoms with Crippen LogP contribution < -0.4 is 5.32 Å². The van der Waals surface area contributed by atoms with Crippen molar-refractivity contribution in [3.8, 4) is 0 Å². The van der Waals surface area contributed by atoms with Crippen molar-refractivity contribution in [1.29, 1.82) is 0 Å². The van der Waals surface area contributed by atoms with E-state index in [0.717, 1.165) is 32.7 Å². The van der Waals surface area contributed by atoms with E-state index in [1.807, 2.05) is 0 Å². The molecule has 1 atom stereocenters. The molecule has 1 unspecified atom stereocenters. The monoisotopic (exact) mass is 245 g/mol. The van der Waals surface area contributed by atoms with Gasteiger partial charge >= 0.3 is 0 Å². The summed E-state index contributed by atoms with van der Waals surface area (Å²) in [6.07, 6.45) is 1.36. The van der Waals surface area contributed by atoms with Crippen molar-refractivity contribution in [3.05, 3.63) is 0 Å². The molecular formula is C12H27NO2Si. The van der Waals surface area contributed by atoms with Crippen LogP contribution in [0.5, 0.6) is 0 Å². The van der Waals surface area contributed by atoms with Gasteiger partial charge in [0.05, 0.1) is 12.7 Å². The van der Waals surface area contributed by atoms with Gasteiger partial charge in [0.1, 0.15) is 0 Å². The molecule has 0 amide bonds. The maximum atomic E-state index is 6.13. The van der Waals surface area contributed by atoms with E-state index in [2.05, 4.69) is 39.2 Å². The first-order valence-corrected chi connectivity index (χ1v) is 9.20. The first-order chi connectivity index (χ1) is 7.33. The molecular weight excluding hydrogens is 218 g/mol. The molecule has 0 aromatic carbocycles. The van der Waals surface area contributed by atoms with Crippen LogP contribution in [0.1, 0.15) is 27.2 Å². The molecule has 4 heteroatoms. The predicted molar refractivity (Wildman–Crippen MR) is 70.4 cm³/mol. The Morgan fingerprint density at radius 1 is 1.38 bits per heavy atom. The number of rotatable bonds is 4. The van der Waals surface area contributed by atoms with Crippen LogP contribution in [0, 0.1) is 0 Å². The Labute approximate surface area is 101 Å². The van der Waals surface area contributed by atoms with E-state index in [9.17, 15) is 0 Å². The van der Waals surface area contributed by atoms with Gasteiger partial charge in [-0.25, -0.2) is 0 Å². The number of hydrogen-bond acceptors (Lipinski definition) is 3. The van der Waals surface area contributed by atoms with Gasteiger partial charge in [-0.3, -0.25) is 0 Å². The molecule has 1 N–H and O–H groups in total. The molecule has 0 aliphatic carbocycles. The minimum Gasteiger partial charge on any atom is -0.417 e. The SMILES string of the molecule is CC(C)(C)[Si](C)(C)OCCC1CNCCO1. The number of morpholine rings is 1. The fourth-order valence-electron chi connectivity index (χ4n) is 1.47. The smallest absolute Gasteiger partial charge is 0.191 e. The van der Waals surface area contributed by atoms with Crippen molar-refractivity contribution in [2.45, 2.75) is 51.4 Å². The van der Waals surface area contributed by atoms with Gasteiger partial charge in [0.15, 0.2) is 8.32 Å². The molecule has 0 radical (unpaired) electrons. The van der Waals surface area contributed by atoms with E-state index in [0.29, 0.717) is 11.1 Å². The average molecular weight is 245 g/mol. The molecule has 1 aliphatic rings. The van der Waals surface area contributed by atoms with Crippen molar-refractivity contribution in [1.82, 2.24) is 5.32 Å². The normalized spacial score (nSPS) is 23.4. The largest absolute Gasteiger partial charge is 0.417 e. The summed E-state index contributed by atoms with van der Waals surface area (Å²) >= 11 is 0. The van der Waals surface area contributed by atoms with Crippen molar-refractivity contribution in [2.24, 2.45) is 0 Å². The van der Waals surface area contributed by atoms with Crippen LogP contribution in [0.4, 0.5) is 0 Å². The molecule has 0 saturated carbocycles. The zero-order chi connectivity index (χ0) is 12.2. The van der Waals surface area contributed by atoms with Crippen molar-refractivity contribution in [3.63, 3.8) is 0 Å². The Hall–Kier alpha value is 0.0969. The molecule has 1 fully saturated rings. The molecule has 1 aliphatic heterocycles. The van der Waals surface area contributed by atoms with Crippen LogP contribution in [0.15, 0.2) is 0 Å². The summed E-state index contributed by atoms with van der Waals surface area (Å²) in [7, 11) is -1.57. The molecule has 16 heavy (non-hydrogen) atoms. The molecule has 1 rings (SSSR count). The molecule has 0 spiro atoms. The van der Waals surface area contributed by atoms with Gasteiger partial charge < -0.3 is 14.5 Å². The van der Waals surface area contributed by atoms with E-state index < -0.39 is 8.32 Å². The topological polar surface area (TPSA) is 30.5 Å². The number of nitrogens with one attached hydrogen (secondary N) is 1.